The lowest BCUT2D eigenvalue weighted by Crippen LogP contribution is -2.49. The van der Waals surface area contributed by atoms with Crippen molar-refractivity contribution < 1.29 is 4.79 Å². The van der Waals surface area contributed by atoms with E-state index in [0.717, 1.165) is 30.8 Å². The number of benzene rings is 1. The molecule has 0 aromatic heterocycles. The van der Waals surface area contributed by atoms with Crippen molar-refractivity contribution in [2.24, 2.45) is 11.7 Å². The van der Waals surface area contributed by atoms with Gasteiger partial charge in [0.15, 0.2) is 0 Å². The number of hydrogen-bond acceptors (Lipinski definition) is 3. The summed E-state index contributed by atoms with van der Waals surface area (Å²) < 4.78 is 0. The van der Waals surface area contributed by atoms with Crippen molar-refractivity contribution in [2.45, 2.75) is 26.3 Å². The number of amides is 1. The molecular formula is C15H23N3O. The highest BCUT2D eigenvalue weighted by Crippen LogP contribution is 2.15. The van der Waals surface area contributed by atoms with Gasteiger partial charge in [-0.2, -0.15) is 0 Å². The van der Waals surface area contributed by atoms with Crippen molar-refractivity contribution in [1.82, 2.24) is 4.90 Å². The largest absolute Gasteiger partial charge is 0.326 e. The summed E-state index contributed by atoms with van der Waals surface area (Å²) in [6, 6.07) is 8.03. The first-order valence-electron chi connectivity index (χ1n) is 6.89. The van der Waals surface area contributed by atoms with E-state index in [2.05, 4.69) is 17.1 Å². The maximum atomic E-state index is 12.0. The molecule has 104 valence electrons. The van der Waals surface area contributed by atoms with Crippen LogP contribution in [0.1, 0.15) is 18.9 Å². The number of likely N-dealkylation sites (tertiary alicyclic amines) is 1. The maximum absolute atomic E-state index is 12.0. The normalized spacial score (nSPS) is 24.2. The zero-order valence-corrected chi connectivity index (χ0v) is 11.7. The molecule has 1 aliphatic rings. The van der Waals surface area contributed by atoms with Crippen LogP contribution in [0.25, 0.3) is 0 Å². The van der Waals surface area contributed by atoms with E-state index >= 15 is 0 Å². The minimum absolute atomic E-state index is 0.0346. The predicted octanol–water partition coefficient (Wildman–Crippen LogP) is 1.60. The van der Waals surface area contributed by atoms with Crippen molar-refractivity contribution in [3.05, 3.63) is 29.8 Å². The summed E-state index contributed by atoms with van der Waals surface area (Å²) in [6.45, 7) is 6.38. The van der Waals surface area contributed by atoms with Crippen molar-refractivity contribution in [1.29, 1.82) is 0 Å². The summed E-state index contributed by atoms with van der Waals surface area (Å²) in [5, 5.41) is 2.93. The Morgan fingerprint density at radius 2 is 2.32 bits per heavy atom. The van der Waals surface area contributed by atoms with Crippen LogP contribution in [-0.2, 0) is 4.79 Å². The smallest absolute Gasteiger partial charge is 0.238 e. The number of hydrogen-bond donors (Lipinski definition) is 2. The summed E-state index contributed by atoms with van der Waals surface area (Å²) in [4.78, 5) is 14.1. The second-order valence-corrected chi connectivity index (χ2v) is 5.58. The molecule has 1 aromatic rings. The molecule has 2 rings (SSSR count). The van der Waals surface area contributed by atoms with Gasteiger partial charge in [-0.05, 0) is 43.5 Å². The Morgan fingerprint density at radius 3 is 3.00 bits per heavy atom. The minimum Gasteiger partial charge on any atom is -0.326 e. The van der Waals surface area contributed by atoms with Crippen LogP contribution in [-0.4, -0.2) is 36.5 Å². The van der Waals surface area contributed by atoms with Gasteiger partial charge in [0.25, 0.3) is 0 Å². The second kappa shape index (κ2) is 6.17. The van der Waals surface area contributed by atoms with Gasteiger partial charge >= 0.3 is 0 Å². The molecule has 2 unspecified atom stereocenters. The van der Waals surface area contributed by atoms with Gasteiger partial charge in [-0.25, -0.2) is 0 Å². The van der Waals surface area contributed by atoms with Crippen molar-refractivity contribution in [2.75, 3.05) is 25.0 Å². The van der Waals surface area contributed by atoms with E-state index in [1.54, 1.807) is 0 Å². The molecule has 2 atom stereocenters. The highest BCUT2D eigenvalue weighted by molar-refractivity contribution is 5.92. The maximum Gasteiger partial charge on any atom is 0.238 e. The van der Waals surface area contributed by atoms with Gasteiger partial charge in [-0.1, -0.05) is 19.1 Å². The van der Waals surface area contributed by atoms with Gasteiger partial charge in [-0.15, -0.1) is 0 Å². The second-order valence-electron chi connectivity index (χ2n) is 5.58. The molecule has 1 aromatic carbocycles. The van der Waals surface area contributed by atoms with Gasteiger partial charge in [0.1, 0.15) is 0 Å². The van der Waals surface area contributed by atoms with Crippen LogP contribution in [0.5, 0.6) is 0 Å². The molecule has 1 heterocycles. The Balaban J connectivity index is 1.85. The number of aryl methyl sites for hydroxylation is 1. The molecule has 0 bridgehead atoms. The van der Waals surface area contributed by atoms with Crippen molar-refractivity contribution in [3.63, 3.8) is 0 Å². The lowest BCUT2D eigenvalue weighted by molar-refractivity contribution is -0.117. The quantitative estimate of drug-likeness (QED) is 0.869. The average molecular weight is 261 g/mol. The van der Waals surface area contributed by atoms with Gasteiger partial charge < -0.3 is 11.1 Å². The molecule has 0 radical (unpaired) electrons. The van der Waals surface area contributed by atoms with E-state index in [-0.39, 0.29) is 11.9 Å². The van der Waals surface area contributed by atoms with Crippen LogP contribution in [0.2, 0.25) is 0 Å². The molecule has 3 N–H and O–H groups in total. The monoisotopic (exact) mass is 261 g/mol. The van der Waals surface area contributed by atoms with Crippen LogP contribution in [0.15, 0.2) is 24.3 Å². The third-order valence-corrected chi connectivity index (χ3v) is 3.77. The van der Waals surface area contributed by atoms with Crippen LogP contribution < -0.4 is 11.1 Å². The molecule has 1 saturated heterocycles. The molecule has 1 aliphatic heterocycles. The number of rotatable bonds is 3. The summed E-state index contributed by atoms with van der Waals surface area (Å²) in [6.07, 6.45) is 1.07. The first-order valence-corrected chi connectivity index (χ1v) is 6.89. The molecular weight excluding hydrogens is 238 g/mol. The molecule has 0 aliphatic carbocycles. The number of piperidine rings is 1. The Hall–Kier alpha value is -1.39. The van der Waals surface area contributed by atoms with E-state index < -0.39 is 0 Å². The molecule has 4 nitrogen and oxygen atoms in total. The Bertz CT molecular complexity index is 447. The zero-order chi connectivity index (χ0) is 13.8. The lowest BCUT2D eigenvalue weighted by Gasteiger charge is -2.34. The average Bonchev–Trinajstić information content (AvgIpc) is 2.34. The molecule has 4 heteroatoms. The van der Waals surface area contributed by atoms with Crippen LogP contribution in [0, 0.1) is 12.8 Å². The fourth-order valence-corrected chi connectivity index (χ4v) is 2.44. The summed E-state index contributed by atoms with van der Waals surface area (Å²) in [5.41, 5.74) is 8.05. The number of nitrogens with zero attached hydrogens (tertiary/aromatic N) is 1. The molecule has 19 heavy (non-hydrogen) atoms. The third kappa shape index (κ3) is 4.04. The first-order chi connectivity index (χ1) is 9.04. The molecule has 0 saturated carbocycles. The SMILES string of the molecule is Cc1cccc(NC(=O)CN2CCC(C)C(N)C2)c1. The molecule has 1 amide bonds. The first kappa shape index (κ1) is 14.0. The summed E-state index contributed by atoms with van der Waals surface area (Å²) >= 11 is 0. The fraction of sp³-hybridized carbons (Fsp3) is 0.533. The van der Waals surface area contributed by atoms with Gasteiger partial charge in [0.2, 0.25) is 5.91 Å². The highest BCUT2D eigenvalue weighted by atomic mass is 16.2. The highest BCUT2D eigenvalue weighted by Gasteiger charge is 2.24. The number of anilines is 1. The van der Waals surface area contributed by atoms with Gasteiger partial charge in [0.05, 0.1) is 6.54 Å². The fourth-order valence-electron chi connectivity index (χ4n) is 2.44. The summed E-state index contributed by atoms with van der Waals surface area (Å²) in [7, 11) is 0. The number of carbonyl (C=O) groups is 1. The predicted molar refractivity (Wildman–Crippen MR) is 78.0 cm³/mol. The van der Waals surface area contributed by atoms with Crippen molar-refractivity contribution >= 4 is 11.6 Å². The van der Waals surface area contributed by atoms with E-state index in [9.17, 15) is 4.79 Å². The number of nitrogens with one attached hydrogen (secondary N) is 1. The van der Waals surface area contributed by atoms with E-state index in [1.165, 1.54) is 0 Å². The molecule has 0 spiro atoms. The zero-order valence-electron chi connectivity index (χ0n) is 11.7. The third-order valence-electron chi connectivity index (χ3n) is 3.77. The minimum atomic E-state index is 0.0346. The van der Waals surface area contributed by atoms with Crippen LogP contribution in [0.3, 0.4) is 0 Å². The van der Waals surface area contributed by atoms with Gasteiger partial charge in [0, 0.05) is 18.3 Å². The van der Waals surface area contributed by atoms with Crippen LogP contribution in [0.4, 0.5) is 5.69 Å². The van der Waals surface area contributed by atoms with Crippen LogP contribution >= 0.6 is 0 Å². The number of nitrogens with two attached hydrogens (primary N) is 1. The standard InChI is InChI=1S/C15H23N3O/c1-11-4-3-5-13(8-11)17-15(19)10-18-7-6-12(2)14(16)9-18/h3-5,8,12,14H,6-7,9-10,16H2,1-2H3,(H,17,19). The Labute approximate surface area is 115 Å². The lowest BCUT2D eigenvalue weighted by atomic mass is 9.94. The van der Waals surface area contributed by atoms with E-state index in [1.807, 2.05) is 31.2 Å². The molecule has 1 fully saturated rings. The van der Waals surface area contributed by atoms with E-state index in [4.69, 9.17) is 5.73 Å². The Kier molecular flexibility index (Phi) is 4.56. The Morgan fingerprint density at radius 1 is 1.53 bits per heavy atom. The van der Waals surface area contributed by atoms with Crippen molar-refractivity contribution in [3.8, 4) is 0 Å². The summed E-state index contributed by atoms with van der Waals surface area (Å²) in [5.74, 6) is 0.587. The topological polar surface area (TPSA) is 58.4 Å². The van der Waals surface area contributed by atoms with Gasteiger partial charge in [-0.3, -0.25) is 9.69 Å². The van der Waals surface area contributed by atoms with E-state index in [0.29, 0.717) is 12.5 Å². The number of carbonyl (C=O) groups excluding carboxylic acids is 1.